The van der Waals surface area contributed by atoms with Crippen molar-refractivity contribution in [1.82, 2.24) is 35.3 Å². The predicted molar refractivity (Wildman–Crippen MR) is 140 cm³/mol. The fraction of sp³-hybridized carbons (Fsp3) is 0.440. The van der Waals surface area contributed by atoms with Gasteiger partial charge in [-0.15, -0.1) is 10.2 Å². The van der Waals surface area contributed by atoms with Crippen LogP contribution in [0.4, 0.5) is 17.5 Å². The highest BCUT2D eigenvalue weighted by atomic mass is 32.1. The molecule has 10 nitrogen and oxygen atoms in total. The van der Waals surface area contributed by atoms with Gasteiger partial charge in [0, 0.05) is 43.6 Å². The second-order valence-corrected chi connectivity index (χ2v) is 11.1. The molecule has 11 heteroatoms. The third kappa shape index (κ3) is 5.30. The van der Waals surface area contributed by atoms with E-state index in [1.807, 2.05) is 19.3 Å². The first kappa shape index (κ1) is 24.1. The smallest absolute Gasteiger partial charge is 0.286 e. The van der Waals surface area contributed by atoms with Crippen LogP contribution in [0.5, 0.6) is 0 Å². The van der Waals surface area contributed by atoms with Crippen molar-refractivity contribution in [2.45, 2.75) is 51.9 Å². The Morgan fingerprint density at radius 3 is 2.75 bits per heavy atom. The first-order chi connectivity index (χ1) is 17.3. The van der Waals surface area contributed by atoms with Crippen molar-refractivity contribution in [2.24, 2.45) is 7.05 Å². The monoisotopic (exact) mass is 505 g/mol. The largest absolute Gasteiger partial charge is 0.349 e. The van der Waals surface area contributed by atoms with Gasteiger partial charge in [-0.05, 0) is 49.0 Å². The molecule has 188 valence electrons. The quantitative estimate of drug-likeness (QED) is 0.533. The number of carbonyl (C=O) groups is 1. The fourth-order valence-corrected chi connectivity index (χ4v) is 5.18. The summed E-state index contributed by atoms with van der Waals surface area (Å²) < 4.78 is 1.73. The summed E-state index contributed by atoms with van der Waals surface area (Å²) in [5.74, 6) is 1.15. The zero-order valence-corrected chi connectivity index (χ0v) is 21.9. The molecule has 0 fully saturated rings. The molecule has 0 unspecified atom stereocenters. The standard InChI is InChI=1S/C25H31N9OS/c1-25(2,3)23-32-31-22(36-23)21(35)29-19-10-12-34(14-16-7-5-6-8-18(16)19)20-9-11-26-24(30-20)28-17-13-27-33(4)15-17/h9-11,13,15H,5-8,12,14H2,1-4H3,(H,29,35)(H,26,28,30). The average Bonchev–Trinajstić information content (AvgIpc) is 3.47. The van der Waals surface area contributed by atoms with Crippen LogP contribution in [0.15, 0.2) is 47.6 Å². The topological polar surface area (TPSA) is 114 Å². The minimum absolute atomic E-state index is 0.139. The number of amides is 1. The molecule has 1 aliphatic carbocycles. The first-order valence-corrected chi connectivity index (χ1v) is 13.0. The van der Waals surface area contributed by atoms with E-state index >= 15 is 0 Å². The van der Waals surface area contributed by atoms with Gasteiger partial charge in [0.15, 0.2) is 0 Å². The summed E-state index contributed by atoms with van der Waals surface area (Å²) in [6.45, 7) is 7.60. The Hall–Kier alpha value is -3.60. The molecule has 1 aliphatic heterocycles. The van der Waals surface area contributed by atoms with Crippen LogP contribution in [-0.4, -0.2) is 48.9 Å². The summed E-state index contributed by atoms with van der Waals surface area (Å²) in [5, 5.41) is 20.2. The van der Waals surface area contributed by atoms with E-state index in [0.29, 0.717) is 17.5 Å². The second-order valence-electron chi connectivity index (χ2n) is 10.2. The van der Waals surface area contributed by atoms with Crippen LogP contribution >= 0.6 is 11.3 Å². The third-order valence-electron chi connectivity index (χ3n) is 6.24. The number of rotatable bonds is 5. The van der Waals surface area contributed by atoms with Crippen LogP contribution in [0.25, 0.3) is 0 Å². The van der Waals surface area contributed by atoms with E-state index in [1.165, 1.54) is 22.5 Å². The van der Waals surface area contributed by atoms with E-state index < -0.39 is 0 Å². The van der Waals surface area contributed by atoms with Gasteiger partial charge < -0.3 is 15.5 Å². The number of allylic oxidation sites excluding steroid dienone is 1. The lowest BCUT2D eigenvalue weighted by Crippen LogP contribution is -2.27. The molecule has 0 radical (unpaired) electrons. The lowest BCUT2D eigenvalue weighted by atomic mass is 9.90. The molecular weight excluding hydrogens is 474 g/mol. The molecule has 0 bridgehead atoms. The minimum Gasteiger partial charge on any atom is -0.349 e. The molecular formula is C25H31N9OS. The van der Waals surface area contributed by atoms with Crippen LogP contribution in [0.1, 0.15) is 61.3 Å². The molecule has 3 aromatic heterocycles. The van der Waals surface area contributed by atoms with Gasteiger partial charge in [0.25, 0.3) is 5.91 Å². The van der Waals surface area contributed by atoms with Crippen LogP contribution in [0, 0.1) is 0 Å². The van der Waals surface area contributed by atoms with Gasteiger partial charge in [-0.1, -0.05) is 32.1 Å². The van der Waals surface area contributed by atoms with E-state index in [2.05, 4.69) is 62.7 Å². The van der Waals surface area contributed by atoms with Crippen LogP contribution in [-0.2, 0) is 12.5 Å². The molecule has 0 atom stereocenters. The number of hydrogen-bond acceptors (Lipinski definition) is 9. The van der Waals surface area contributed by atoms with Gasteiger partial charge in [0.1, 0.15) is 10.8 Å². The summed E-state index contributed by atoms with van der Waals surface area (Å²) in [4.78, 5) is 24.4. The summed E-state index contributed by atoms with van der Waals surface area (Å²) in [6, 6.07) is 1.92. The first-order valence-electron chi connectivity index (χ1n) is 12.2. The predicted octanol–water partition coefficient (Wildman–Crippen LogP) is 4.11. The van der Waals surface area contributed by atoms with Crippen molar-refractivity contribution in [1.29, 1.82) is 0 Å². The maximum absolute atomic E-state index is 13.1. The van der Waals surface area contributed by atoms with E-state index in [9.17, 15) is 4.79 Å². The van der Waals surface area contributed by atoms with Gasteiger partial charge in [0.2, 0.25) is 11.0 Å². The van der Waals surface area contributed by atoms with Crippen LogP contribution in [0.3, 0.4) is 0 Å². The number of carbonyl (C=O) groups excluding carboxylic acids is 1. The zero-order valence-electron chi connectivity index (χ0n) is 21.1. The third-order valence-corrected chi connectivity index (χ3v) is 7.59. The lowest BCUT2D eigenvalue weighted by molar-refractivity contribution is 0.0965. The number of hydrogen-bond donors (Lipinski definition) is 2. The Morgan fingerprint density at radius 1 is 1.17 bits per heavy atom. The maximum Gasteiger partial charge on any atom is 0.286 e. The van der Waals surface area contributed by atoms with Gasteiger partial charge in [-0.2, -0.15) is 10.1 Å². The average molecular weight is 506 g/mol. The molecule has 0 aromatic carbocycles. The maximum atomic E-state index is 13.1. The number of aryl methyl sites for hydroxylation is 1. The van der Waals surface area contributed by atoms with Gasteiger partial charge in [-0.3, -0.25) is 9.48 Å². The second kappa shape index (κ2) is 9.81. The van der Waals surface area contributed by atoms with Crippen molar-refractivity contribution in [3.05, 3.63) is 57.6 Å². The number of nitrogens with zero attached hydrogens (tertiary/aromatic N) is 7. The molecule has 5 rings (SSSR count). The number of aromatic nitrogens is 6. The van der Waals surface area contributed by atoms with Crippen LogP contribution < -0.4 is 15.5 Å². The van der Waals surface area contributed by atoms with Crippen LogP contribution in [0.2, 0.25) is 0 Å². The highest BCUT2D eigenvalue weighted by Gasteiger charge is 2.26. The van der Waals surface area contributed by atoms with Crippen molar-refractivity contribution in [2.75, 3.05) is 23.3 Å². The van der Waals surface area contributed by atoms with Gasteiger partial charge >= 0.3 is 0 Å². The van der Waals surface area contributed by atoms with Crippen molar-refractivity contribution in [3.8, 4) is 0 Å². The summed E-state index contributed by atoms with van der Waals surface area (Å²) >= 11 is 1.35. The molecule has 1 amide bonds. The normalized spacial score (nSPS) is 16.3. The van der Waals surface area contributed by atoms with Crippen molar-refractivity contribution in [3.63, 3.8) is 0 Å². The molecule has 0 spiro atoms. The molecule has 0 saturated heterocycles. The fourth-order valence-electron chi connectivity index (χ4n) is 4.38. The molecule has 3 aromatic rings. The van der Waals surface area contributed by atoms with Crippen molar-refractivity contribution >= 4 is 34.7 Å². The lowest BCUT2D eigenvalue weighted by Gasteiger charge is -2.25. The molecule has 2 N–H and O–H groups in total. The highest BCUT2D eigenvalue weighted by Crippen LogP contribution is 2.33. The minimum atomic E-state index is -0.204. The van der Waals surface area contributed by atoms with E-state index in [1.54, 1.807) is 17.1 Å². The van der Waals surface area contributed by atoms with E-state index in [4.69, 9.17) is 4.98 Å². The summed E-state index contributed by atoms with van der Waals surface area (Å²) in [5.41, 5.74) is 4.16. The van der Waals surface area contributed by atoms with E-state index in [-0.39, 0.29) is 11.3 Å². The highest BCUT2D eigenvalue weighted by molar-refractivity contribution is 7.13. The molecule has 2 aliphatic rings. The van der Waals surface area contributed by atoms with Crippen molar-refractivity contribution < 1.29 is 4.79 Å². The Balaban J connectivity index is 1.37. The van der Waals surface area contributed by atoms with E-state index in [0.717, 1.165) is 54.4 Å². The Morgan fingerprint density at radius 2 is 2.00 bits per heavy atom. The Bertz CT molecular complexity index is 1330. The van der Waals surface area contributed by atoms with Gasteiger partial charge in [-0.25, -0.2) is 4.98 Å². The summed E-state index contributed by atoms with van der Waals surface area (Å²) in [7, 11) is 1.87. The molecule has 4 heterocycles. The summed E-state index contributed by atoms with van der Waals surface area (Å²) in [6.07, 6.45) is 11.7. The zero-order chi connectivity index (χ0) is 25.3. The molecule has 36 heavy (non-hydrogen) atoms. The number of nitrogens with one attached hydrogen (secondary N) is 2. The Labute approximate surface area is 214 Å². The Kier molecular flexibility index (Phi) is 6.57. The van der Waals surface area contributed by atoms with Gasteiger partial charge in [0.05, 0.1) is 11.9 Å². The SMILES string of the molecule is Cn1cc(Nc2nccc(N3CC=C(NC(=O)c4nnc(C(C)(C)C)s4)C4=C(CCCC4)C3)n2)cn1. The molecule has 0 saturated carbocycles. The number of anilines is 3.